The minimum atomic E-state index is -3.42. The Hall–Kier alpha value is -3.21. The van der Waals surface area contributed by atoms with Crippen LogP contribution in [0.15, 0.2) is 66.2 Å². The van der Waals surface area contributed by atoms with Gasteiger partial charge in [0.2, 0.25) is 21.8 Å². The molecular formula is C32H42N4O5S. The predicted molar refractivity (Wildman–Crippen MR) is 164 cm³/mol. The first-order chi connectivity index (χ1) is 20.1. The molecule has 1 atom stereocenters. The summed E-state index contributed by atoms with van der Waals surface area (Å²) >= 11 is 0. The Bertz CT molecular complexity index is 1420. The Morgan fingerprint density at radius 1 is 1.00 bits per heavy atom. The van der Waals surface area contributed by atoms with Crippen molar-refractivity contribution in [3.05, 3.63) is 77.4 Å². The molecular weight excluding hydrogens is 552 g/mol. The summed E-state index contributed by atoms with van der Waals surface area (Å²) in [5.74, 6) is -0.389. The zero-order valence-corrected chi connectivity index (χ0v) is 25.6. The monoisotopic (exact) mass is 594 g/mol. The highest BCUT2D eigenvalue weighted by Crippen LogP contribution is 2.47. The minimum absolute atomic E-state index is 0.0667. The lowest BCUT2D eigenvalue weighted by Gasteiger charge is -2.41. The summed E-state index contributed by atoms with van der Waals surface area (Å²) < 4.78 is 32.6. The van der Waals surface area contributed by atoms with E-state index < -0.39 is 16.1 Å². The molecule has 5 rings (SSSR count). The zero-order valence-electron chi connectivity index (χ0n) is 24.8. The predicted octanol–water partition coefficient (Wildman–Crippen LogP) is 3.07. The van der Waals surface area contributed by atoms with E-state index in [1.165, 1.54) is 10.6 Å². The molecule has 0 bridgehead atoms. The molecule has 3 heterocycles. The first kappa shape index (κ1) is 30.3. The van der Waals surface area contributed by atoms with Crippen molar-refractivity contribution < 1.29 is 22.7 Å². The first-order valence-electron chi connectivity index (χ1n) is 14.8. The van der Waals surface area contributed by atoms with Gasteiger partial charge in [-0.2, -0.15) is 0 Å². The van der Waals surface area contributed by atoms with Crippen molar-refractivity contribution in [1.82, 2.24) is 15.1 Å². The molecule has 0 radical (unpaired) electrons. The number of hydrogen-bond acceptors (Lipinski definition) is 6. The number of anilines is 1. The summed E-state index contributed by atoms with van der Waals surface area (Å²) in [5.41, 5.74) is 3.12. The smallest absolute Gasteiger partial charge is 0.247 e. The van der Waals surface area contributed by atoms with Gasteiger partial charge in [0, 0.05) is 49.8 Å². The first-order valence-corrected chi connectivity index (χ1v) is 16.6. The fourth-order valence-electron chi connectivity index (χ4n) is 6.34. The summed E-state index contributed by atoms with van der Waals surface area (Å²) in [6.07, 6.45) is 5.12. The van der Waals surface area contributed by atoms with Crippen LogP contribution in [0.4, 0.5) is 5.69 Å². The molecule has 2 amide bonds. The third-order valence-electron chi connectivity index (χ3n) is 8.88. The van der Waals surface area contributed by atoms with Crippen LogP contribution in [0.5, 0.6) is 0 Å². The Balaban J connectivity index is 1.28. The Labute approximate surface area is 249 Å². The largest absolute Gasteiger partial charge is 0.374 e. The van der Waals surface area contributed by atoms with Crippen LogP contribution in [0.2, 0.25) is 0 Å². The SMILES string of the molecule is CC(C)N1CC=C(C(=O)N[C@H](COCc2ccccc2)C(=O)N2CCC3(CC2)CN(S(C)(=O)=O)c2ccccc23)CC1. The molecule has 1 spiro atoms. The Morgan fingerprint density at radius 3 is 2.33 bits per heavy atom. The van der Waals surface area contributed by atoms with Crippen molar-refractivity contribution in [2.75, 3.05) is 49.9 Å². The number of sulfonamides is 1. The lowest BCUT2D eigenvalue weighted by Crippen LogP contribution is -2.55. The standard InChI is InChI=1S/C32H42N4O5S/c1-24(2)34-17-13-26(14-18-34)30(37)33-28(22-41-21-25-9-5-4-6-10-25)31(38)35-19-15-32(16-20-35)23-36(42(3,39)40)29-12-8-7-11-27(29)32/h4-13,24,28H,14-23H2,1-3H3,(H,33,37)/t28-/m1/s1. The lowest BCUT2D eigenvalue weighted by atomic mass is 9.74. The number of hydrogen-bond donors (Lipinski definition) is 1. The number of carbonyl (C=O) groups is 2. The van der Waals surface area contributed by atoms with E-state index in [-0.39, 0.29) is 23.8 Å². The maximum Gasteiger partial charge on any atom is 0.247 e. The molecule has 1 N–H and O–H groups in total. The number of nitrogens with zero attached hydrogens (tertiary/aromatic N) is 3. The number of amides is 2. The average Bonchev–Trinajstić information content (AvgIpc) is 3.31. The van der Waals surface area contributed by atoms with Crippen LogP contribution in [-0.4, -0.2) is 87.7 Å². The van der Waals surface area contributed by atoms with Crippen molar-refractivity contribution in [3.8, 4) is 0 Å². The molecule has 9 nitrogen and oxygen atoms in total. The van der Waals surface area contributed by atoms with Crippen LogP contribution >= 0.6 is 0 Å². The van der Waals surface area contributed by atoms with Crippen molar-refractivity contribution in [3.63, 3.8) is 0 Å². The van der Waals surface area contributed by atoms with Gasteiger partial charge in [0.25, 0.3) is 0 Å². The fourth-order valence-corrected chi connectivity index (χ4v) is 7.34. The van der Waals surface area contributed by atoms with Crippen molar-refractivity contribution in [1.29, 1.82) is 0 Å². The van der Waals surface area contributed by atoms with Gasteiger partial charge < -0.3 is 15.0 Å². The van der Waals surface area contributed by atoms with Crippen molar-refractivity contribution in [2.45, 2.75) is 57.2 Å². The van der Waals surface area contributed by atoms with Gasteiger partial charge >= 0.3 is 0 Å². The fraction of sp³-hybridized carbons (Fsp3) is 0.500. The summed E-state index contributed by atoms with van der Waals surface area (Å²) in [7, 11) is -3.42. The van der Waals surface area contributed by atoms with Crippen molar-refractivity contribution >= 4 is 27.5 Å². The summed E-state index contributed by atoms with van der Waals surface area (Å²) in [6, 6.07) is 17.0. The van der Waals surface area contributed by atoms with Gasteiger partial charge in [-0.15, -0.1) is 0 Å². The number of likely N-dealkylation sites (tertiary alicyclic amines) is 1. The zero-order chi connectivity index (χ0) is 29.9. The molecule has 0 saturated carbocycles. The Morgan fingerprint density at radius 2 is 1.69 bits per heavy atom. The Kier molecular flexibility index (Phi) is 9.05. The second kappa shape index (κ2) is 12.6. The van der Waals surface area contributed by atoms with Gasteiger partial charge in [-0.3, -0.25) is 18.8 Å². The van der Waals surface area contributed by atoms with Crippen LogP contribution in [0.25, 0.3) is 0 Å². The number of ether oxygens (including phenoxy) is 1. The van der Waals surface area contributed by atoms with Crippen LogP contribution in [0.1, 0.15) is 44.2 Å². The second-order valence-electron chi connectivity index (χ2n) is 12.0. The molecule has 2 aromatic rings. The molecule has 226 valence electrons. The van der Waals surface area contributed by atoms with Gasteiger partial charge in [-0.1, -0.05) is 54.6 Å². The van der Waals surface area contributed by atoms with E-state index in [0.29, 0.717) is 63.7 Å². The lowest BCUT2D eigenvalue weighted by molar-refractivity contribution is -0.139. The van der Waals surface area contributed by atoms with E-state index in [4.69, 9.17) is 4.74 Å². The molecule has 2 aromatic carbocycles. The molecule has 0 aliphatic carbocycles. The topological polar surface area (TPSA) is 99.3 Å². The van der Waals surface area contributed by atoms with Gasteiger partial charge in [-0.05, 0) is 50.3 Å². The summed E-state index contributed by atoms with van der Waals surface area (Å²) in [5, 5.41) is 2.99. The number of fused-ring (bicyclic) bond motifs is 2. The van der Waals surface area contributed by atoms with Crippen molar-refractivity contribution in [2.24, 2.45) is 0 Å². The van der Waals surface area contributed by atoms with Gasteiger partial charge in [0.15, 0.2) is 0 Å². The van der Waals surface area contributed by atoms with Crippen LogP contribution in [0, 0.1) is 0 Å². The number of rotatable bonds is 9. The van der Waals surface area contributed by atoms with E-state index in [1.54, 1.807) is 4.90 Å². The molecule has 1 saturated heterocycles. The highest BCUT2D eigenvalue weighted by atomic mass is 32.2. The number of para-hydroxylation sites is 1. The van der Waals surface area contributed by atoms with E-state index in [0.717, 1.165) is 23.4 Å². The normalized spacial score (nSPS) is 19.5. The number of benzene rings is 2. The maximum atomic E-state index is 13.9. The van der Waals surface area contributed by atoms with E-state index in [1.807, 2.05) is 60.7 Å². The number of carbonyl (C=O) groups excluding carboxylic acids is 2. The third-order valence-corrected chi connectivity index (χ3v) is 10.0. The quantitative estimate of drug-likeness (QED) is 0.479. The number of nitrogens with one attached hydrogen (secondary N) is 1. The summed E-state index contributed by atoms with van der Waals surface area (Å²) in [4.78, 5) is 31.3. The van der Waals surface area contributed by atoms with Gasteiger partial charge in [0.1, 0.15) is 6.04 Å². The molecule has 3 aliphatic rings. The maximum absolute atomic E-state index is 13.9. The molecule has 1 fully saturated rings. The van der Waals surface area contributed by atoms with Crippen LogP contribution in [-0.2, 0) is 36.4 Å². The molecule has 0 aromatic heterocycles. The molecule has 42 heavy (non-hydrogen) atoms. The third kappa shape index (κ3) is 6.55. The minimum Gasteiger partial charge on any atom is -0.374 e. The highest BCUT2D eigenvalue weighted by Gasteiger charge is 2.47. The van der Waals surface area contributed by atoms with Gasteiger partial charge in [-0.25, -0.2) is 8.42 Å². The van der Waals surface area contributed by atoms with E-state index in [9.17, 15) is 18.0 Å². The average molecular weight is 595 g/mol. The molecule has 0 unspecified atom stereocenters. The van der Waals surface area contributed by atoms with Crippen LogP contribution in [0.3, 0.4) is 0 Å². The van der Waals surface area contributed by atoms with Gasteiger partial charge in [0.05, 0.1) is 25.2 Å². The second-order valence-corrected chi connectivity index (χ2v) is 13.9. The van der Waals surface area contributed by atoms with E-state index >= 15 is 0 Å². The summed E-state index contributed by atoms with van der Waals surface area (Å²) in [6.45, 7) is 7.54. The van der Waals surface area contributed by atoms with Crippen LogP contribution < -0.4 is 9.62 Å². The molecule has 3 aliphatic heterocycles. The van der Waals surface area contributed by atoms with E-state index in [2.05, 4.69) is 24.1 Å². The number of piperidine rings is 1. The molecule has 10 heteroatoms. The highest BCUT2D eigenvalue weighted by molar-refractivity contribution is 7.92.